The number of carbonyl (C=O) groups is 1. The lowest BCUT2D eigenvalue weighted by Gasteiger charge is -2.15. The van der Waals surface area contributed by atoms with Gasteiger partial charge in [-0.3, -0.25) is 4.79 Å². The van der Waals surface area contributed by atoms with E-state index in [9.17, 15) is 14.3 Å². The summed E-state index contributed by atoms with van der Waals surface area (Å²) < 4.78 is 13.6. The second kappa shape index (κ2) is 5.13. The lowest BCUT2D eigenvalue weighted by atomic mass is 9.97. The van der Waals surface area contributed by atoms with E-state index in [1.54, 1.807) is 31.2 Å². The minimum atomic E-state index is -1.03. The Balaban J connectivity index is 2.02. The lowest BCUT2D eigenvalue weighted by Crippen LogP contribution is -2.03. The van der Waals surface area contributed by atoms with Crippen LogP contribution in [0.5, 0.6) is 0 Å². The zero-order valence-electron chi connectivity index (χ0n) is 11.3. The maximum atomic E-state index is 13.6. The number of benzene rings is 2. The van der Waals surface area contributed by atoms with Gasteiger partial charge >= 0.3 is 0 Å². The molecule has 2 N–H and O–H groups in total. The molecule has 3 rings (SSSR count). The van der Waals surface area contributed by atoms with E-state index in [0.29, 0.717) is 27.4 Å². The normalized spacial score (nSPS) is 14.8. The molecule has 2 aromatic rings. The van der Waals surface area contributed by atoms with Gasteiger partial charge < -0.3 is 10.4 Å². The number of aryl methyl sites for hydroxylation is 1. The lowest BCUT2D eigenvalue weighted by molar-refractivity contribution is -0.115. The molecule has 1 heterocycles. The number of hydrogen-bond donors (Lipinski definition) is 2. The highest BCUT2D eigenvalue weighted by Crippen LogP contribution is 2.35. The van der Waals surface area contributed by atoms with Crippen LogP contribution in [-0.2, 0) is 11.2 Å². The summed E-state index contributed by atoms with van der Waals surface area (Å²) in [5, 5.41) is 13.5. The van der Waals surface area contributed by atoms with Gasteiger partial charge in [-0.1, -0.05) is 23.7 Å². The molecule has 0 saturated carbocycles. The van der Waals surface area contributed by atoms with Gasteiger partial charge in [0.15, 0.2) is 0 Å². The molecule has 1 unspecified atom stereocenters. The Labute approximate surface area is 126 Å². The van der Waals surface area contributed by atoms with E-state index in [4.69, 9.17) is 11.6 Å². The number of amides is 1. The van der Waals surface area contributed by atoms with Crippen molar-refractivity contribution in [3.63, 3.8) is 0 Å². The largest absolute Gasteiger partial charge is 0.384 e. The van der Waals surface area contributed by atoms with Gasteiger partial charge in [0.2, 0.25) is 5.91 Å². The van der Waals surface area contributed by atoms with Gasteiger partial charge in [-0.25, -0.2) is 4.39 Å². The molecule has 0 bridgehead atoms. The molecule has 0 radical (unpaired) electrons. The van der Waals surface area contributed by atoms with Crippen LogP contribution in [0.1, 0.15) is 28.4 Å². The molecule has 0 spiro atoms. The van der Waals surface area contributed by atoms with Crippen molar-refractivity contribution in [2.45, 2.75) is 19.4 Å². The number of aliphatic hydroxyl groups excluding tert-OH is 1. The monoisotopic (exact) mass is 305 g/mol. The molecule has 21 heavy (non-hydrogen) atoms. The third-order valence-electron chi connectivity index (χ3n) is 3.65. The van der Waals surface area contributed by atoms with E-state index in [-0.39, 0.29) is 18.1 Å². The Morgan fingerprint density at radius 1 is 1.33 bits per heavy atom. The smallest absolute Gasteiger partial charge is 0.228 e. The molecule has 2 aromatic carbocycles. The first-order valence-electron chi connectivity index (χ1n) is 6.52. The Bertz CT molecular complexity index is 745. The van der Waals surface area contributed by atoms with Crippen LogP contribution in [0.3, 0.4) is 0 Å². The first-order chi connectivity index (χ1) is 9.95. The predicted molar refractivity (Wildman–Crippen MR) is 79.0 cm³/mol. The van der Waals surface area contributed by atoms with Crippen LogP contribution in [-0.4, -0.2) is 11.0 Å². The fraction of sp³-hybridized carbons (Fsp3) is 0.188. The maximum absolute atomic E-state index is 13.6. The summed E-state index contributed by atoms with van der Waals surface area (Å²) in [5.74, 6) is -0.477. The molecule has 0 saturated heterocycles. The van der Waals surface area contributed by atoms with Crippen LogP contribution >= 0.6 is 11.6 Å². The molecule has 108 valence electrons. The SMILES string of the molecule is Cc1ccc(C(O)c2cc3c(cc2Cl)NC(=O)C3)cc1F. The molecule has 0 aliphatic carbocycles. The predicted octanol–water partition coefficient (Wildman–Crippen LogP) is 3.36. The molecule has 3 nitrogen and oxygen atoms in total. The Morgan fingerprint density at radius 2 is 2.10 bits per heavy atom. The number of fused-ring (bicyclic) bond motifs is 1. The van der Waals surface area contributed by atoms with Crippen LogP contribution < -0.4 is 5.32 Å². The minimum Gasteiger partial charge on any atom is -0.384 e. The highest BCUT2D eigenvalue weighted by Gasteiger charge is 2.23. The fourth-order valence-corrected chi connectivity index (χ4v) is 2.70. The first-order valence-corrected chi connectivity index (χ1v) is 6.90. The molecule has 1 aliphatic heterocycles. The molecular formula is C16H13ClFNO2. The number of carbonyl (C=O) groups excluding carboxylic acids is 1. The van der Waals surface area contributed by atoms with Gasteiger partial charge in [-0.2, -0.15) is 0 Å². The van der Waals surface area contributed by atoms with E-state index in [2.05, 4.69) is 5.32 Å². The summed E-state index contributed by atoms with van der Waals surface area (Å²) >= 11 is 6.17. The third-order valence-corrected chi connectivity index (χ3v) is 3.98. The second-order valence-corrected chi connectivity index (χ2v) is 5.57. The number of hydrogen-bond acceptors (Lipinski definition) is 2. The highest BCUT2D eigenvalue weighted by atomic mass is 35.5. The van der Waals surface area contributed by atoms with Gasteiger partial charge in [-0.15, -0.1) is 0 Å². The van der Waals surface area contributed by atoms with Crippen LogP contribution in [0, 0.1) is 12.7 Å². The summed E-state index contributed by atoms with van der Waals surface area (Å²) in [5.41, 5.74) is 2.86. The summed E-state index contributed by atoms with van der Waals surface area (Å²) in [6.07, 6.45) is -0.775. The number of anilines is 1. The van der Waals surface area contributed by atoms with Crippen molar-refractivity contribution in [2.24, 2.45) is 0 Å². The number of halogens is 2. The van der Waals surface area contributed by atoms with E-state index >= 15 is 0 Å². The van der Waals surface area contributed by atoms with Crippen molar-refractivity contribution < 1.29 is 14.3 Å². The average Bonchev–Trinajstić information content (AvgIpc) is 2.79. The zero-order valence-corrected chi connectivity index (χ0v) is 12.0. The Hall–Kier alpha value is -1.91. The summed E-state index contributed by atoms with van der Waals surface area (Å²) in [6, 6.07) is 7.88. The fourth-order valence-electron chi connectivity index (χ4n) is 2.44. The summed E-state index contributed by atoms with van der Waals surface area (Å²) in [4.78, 5) is 11.4. The Kier molecular flexibility index (Phi) is 3.43. The van der Waals surface area contributed by atoms with Gasteiger partial charge in [0.05, 0.1) is 6.42 Å². The number of rotatable bonds is 2. The van der Waals surface area contributed by atoms with Crippen molar-refractivity contribution in [1.82, 2.24) is 0 Å². The molecular weight excluding hydrogens is 293 g/mol. The van der Waals surface area contributed by atoms with Crippen molar-refractivity contribution >= 4 is 23.2 Å². The summed E-state index contributed by atoms with van der Waals surface area (Å²) in [6.45, 7) is 1.66. The summed E-state index contributed by atoms with van der Waals surface area (Å²) in [7, 11) is 0. The van der Waals surface area contributed by atoms with Crippen LogP contribution in [0.15, 0.2) is 30.3 Å². The molecule has 5 heteroatoms. The maximum Gasteiger partial charge on any atom is 0.228 e. The van der Waals surface area contributed by atoms with Gasteiger partial charge in [-0.05, 0) is 41.8 Å². The number of aliphatic hydroxyl groups is 1. The molecule has 0 aromatic heterocycles. The van der Waals surface area contributed by atoms with Crippen molar-refractivity contribution in [1.29, 1.82) is 0 Å². The third kappa shape index (κ3) is 2.52. The topological polar surface area (TPSA) is 49.3 Å². The minimum absolute atomic E-state index is 0.103. The van der Waals surface area contributed by atoms with E-state index in [1.165, 1.54) is 6.07 Å². The number of nitrogens with one attached hydrogen (secondary N) is 1. The molecule has 1 amide bonds. The van der Waals surface area contributed by atoms with Crippen molar-refractivity contribution in [3.05, 3.63) is 63.4 Å². The van der Waals surface area contributed by atoms with E-state index in [0.717, 1.165) is 5.56 Å². The molecule has 0 fully saturated rings. The molecule has 1 aliphatic rings. The van der Waals surface area contributed by atoms with Crippen molar-refractivity contribution in [3.8, 4) is 0 Å². The van der Waals surface area contributed by atoms with Gasteiger partial charge in [0, 0.05) is 16.3 Å². The van der Waals surface area contributed by atoms with E-state index in [1.807, 2.05) is 0 Å². The standard InChI is InChI=1S/C16H13ClFNO2/c1-8-2-3-9(5-13(8)18)16(21)11-4-10-6-15(20)19-14(10)7-12(11)17/h2-5,7,16,21H,6H2,1H3,(H,19,20). The highest BCUT2D eigenvalue weighted by molar-refractivity contribution is 6.32. The van der Waals surface area contributed by atoms with Crippen LogP contribution in [0.2, 0.25) is 5.02 Å². The van der Waals surface area contributed by atoms with E-state index < -0.39 is 6.10 Å². The van der Waals surface area contributed by atoms with Crippen molar-refractivity contribution in [2.75, 3.05) is 5.32 Å². The quantitative estimate of drug-likeness (QED) is 0.894. The van der Waals surface area contributed by atoms with Crippen LogP contribution in [0.25, 0.3) is 0 Å². The van der Waals surface area contributed by atoms with Crippen LogP contribution in [0.4, 0.5) is 10.1 Å². The molecule has 1 atom stereocenters. The van der Waals surface area contributed by atoms with Gasteiger partial charge in [0.1, 0.15) is 11.9 Å². The second-order valence-electron chi connectivity index (χ2n) is 5.17. The van der Waals surface area contributed by atoms with Gasteiger partial charge in [0.25, 0.3) is 0 Å². The first kappa shape index (κ1) is 14.0. The Morgan fingerprint density at radius 3 is 2.81 bits per heavy atom. The average molecular weight is 306 g/mol. The zero-order chi connectivity index (χ0) is 15.1.